The normalized spacial score (nSPS) is 23.4. The zero-order valence-corrected chi connectivity index (χ0v) is 15.5. The monoisotopic (exact) mass is 355 g/mol. The van der Waals surface area contributed by atoms with Crippen molar-refractivity contribution < 1.29 is 9.59 Å². The minimum Gasteiger partial charge on any atom is -0.369 e. The van der Waals surface area contributed by atoms with Crippen LogP contribution in [0.15, 0.2) is 24.3 Å². The van der Waals surface area contributed by atoms with Gasteiger partial charge in [0.2, 0.25) is 11.8 Å². The molecule has 0 aromatic heterocycles. The van der Waals surface area contributed by atoms with E-state index in [2.05, 4.69) is 34.5 Å². The molecule has 1 aliphatic carbocycles. The van der Waals surface area contributed by atoms with Crippen molar-refractivity contribution in [1.29, 1.82) is 0 Å². The molecule has 1 saturated heterocycles. The number of carbonyl (C=O) groups excluding carboxylic acids is 2. The van der Waals surface area contributed by atoms with Crippen molar-refractivity contribution in [2.75, 3.05) is 31.1 Å². The quantitative estimate of drug-likeness (QED) is 0.882. The smallest absolute Gasteiger partial charge is 0.225 e. The standard InChI is InChI=1S/C21H29N3O2/c25-20-14-17(15-24(20)18-7-2-1-3-8-18)21(26)22-11-13-23-12-10-16-6-4-5-9-19(16)23/h4-6,9,17-18H,1-3,7-8,10-15H2,(H,22,26). The number of carbonyl (C=O) groups is 2. The highest BCUT2D eigenvalue weighted by molar-refractivity contribution is 5.89. The molecule has 1 unspecified atom stereocenters. The van der Waals surface area contributed by atoms with Crippen LogP contribution >= 0.6 is 0 Å². The summed E-state index contributed by atoms with van der Waals surface area (Å²) in [5, 5.41) is 3.07. The van der Waals surface area contributed by atoms with Gasteiger partial charge in [-0.3, -0.25) is 9.59 Å². The number of amides is 2. The minimum absolute atomic E-state index is 0.0455. The summed E-state index contributed by atoms with van der Waals surface area (Å²) in [4.78, 5) is 29.2. The lowest BCUT2D eigenvalue weighted by Gasteiger charge is -2.31. The lowest BCUT2D eigenvalue weighted by molar-refractivity contribution is -0.130. The summed E-state index contributed by atoms with van der Waals surface area (Å²) >= 11 is 0. The molecule has 0 radical (unpaired) electrons. The first-order chi connectivity index (χ1) is 12.7. The number of nitrogens with zero attached hydrogens (tertiary/aromatic N) is 2. The third kappa shape index (κ3) is 3.57. The third-order valence-corrected chi connectivity index (χ3v) is 6.21. The Labute approximate surface area is 155 Å². The maximum absolute atomic E-state index is 12.5. The van der Waals surface area contributed by atoms with Gasteiger partial charge in [-0.15, -0.1) is 0 Å². The van der Waals surface area contributed by atoms with Gasteiger partial charge in [-0.1, -0.05) is 37.5 Å². The van der Waals surface area contributed by atoms with E-state index in [1.807, 2.05) is 4.90 Å². The van der Waals surface area contributed by atoms with Gasteiger partial charge in [-0.25, -0.2) is 0 Å². The largest absolute Gasteiger partial charge is 0.369 e. The molecule has 0 spiro atoms. The van der Waals surface area contributed by atoms with E-state index < -0.39 is 0 Å². The zero-order valence-electron chi connectivity index (χ0n) is 15.5. The number of anilines is 1. The van der Waals surface area contributed by atoms with E-state index in [4.69, 9.17) is 0 Å². The third-order valence-electron chi connectivity index (χ3n) is 6.21. The van der Waals surface area contributed by atoms with E-state index in [-0.39, 0.29) is 17.7 Å². The summed E-state index contributed by atoms with van der Waals surface area (Å²) in [6, 6.07) is 8.86. The second-order valence-corrected chi connectivity index (χ2v) is 7.90. The lowest BCUT2D eigenvalue weighted by Crippen LogP contribution is -2.40. The molecule has 1 atom stereocenters. The Bertz CT molecular complexity index is 669. The topological polar surface area (TPSA) is 52.7 Å². The van der Waals surface area contributed by atoms with Crippen LogP contribution in [-0.2, 0) is 16.0 Å². The van der Waals surface area contributed by atoms with Crippen LogP contribution in [0.1, 0.15) is 44.1 Å². The van der Waals surface area contributed by atoms with E-state index in [1.54, 1.807) is 0 Å². The molecule has 26 heavy (non-hydrogen) atoms. The molecular formula is C21H29N3O2. The molecule has 2 fully saturated rings. The van der Waals surface area contributed by atoms with E-state index >= 15 is 0 Å². The van der Waals surface area contributed by atoms with Gasteiger partial charge >= 0.3 is 0 Å². The first-order valence-electron chi connectivity index (χ1n) is 10.1. The zero-order chi connectivity index (χ0) is 17.9. The summed E-state index contributed by atoms with van der Waals surface area (Å²) in [7, 11) is 0. The van der Waals surface area contributed by atoms with Crippen LogP contribution in [0.25, 0.3) is 0 Å². The van der Waals surface area contributed by atoms with Gasteiger partial charge < -0.3 is 15.1 Å². The van der Waals surface area contributed by atoms with Crippen LogP contribution in [0.3, 0.4) is 0 Å². The van der Waals surface area contributed by atoms with E-state index in [0.717, 1.165) is 32.4 Å². The average Bonchev–Trinajstić information content (AvgIpc) is 3.26. The van der Waals surface area contributed by atoms with Crippen molar-refractivity contribution in [3.8, 4) is 0 Å². The van der Waals surface area contributed by atoms with Crippen molar-refractivity contribution in [3.63, 3.8) is 0 Å². The SMILES string of the molecule is O=C(NCCN1CCc2ccccc21)C1CC(=O)N(C2CCCCC2)C1. The Balaban J connectivity index is 1.25. The van der Waals surface area contributed by atoms with Gasteiger partial charge in [0, 0.05) is 44.3 Å². The molecular weight excluding hydrogens is 326 g/mol. The number of rotatable bonds is 5. The highest BCUT2D eigenvalue weighted by atomic mass is 16.2. The van der Waals surface area contributed by atoms with Crippen molar-refractivity contribution in [3.05, 3.63) is 29.8 Å². The summed E-state index contributed by atoms with van der Waals surface area (Å²) in [5.74, 6) is 0.0463. The maximum atomic E-state index is 12.5. The van der Waals surface area contributed by atoms with Crippen LogP contribution < -0.4 is 10.2 Å². The number of para-hydroxylation sites is 1. The molecule has 1 N–H and O–H groups in total. The predicted molar refractivity (Wildman–Crippen MR) is 102 cm³/mol. The summed E-state index contributed by atoms with van der Waals surface area (Å²) < 4.78 is 0. The number of benzene rings is 1. The van der Waals surface area contributed by atoms with Crippen molar-refractivity contribution in [1.82, 2.24) is 10.2 Å². The van der Waals surface area contributed by atoms with Crippen LogP contribution in [0.2, 0.25) is 0 Å². The maximum Gasteiger partial charge on any atom is 0.225 e. The number of hydrogen-bond acceptors (Lipinski definition) is 3. The van der Waals surface area contributed by atoms with Gasteiger partial charge in [0.25, 0.3) is 0 Å². The Hall–Kier alpha value is -2.04. The van der Waals surface area contributed by atoms with Crippen molar-refractivity contribution in [2.24, 2.45) is 5.92 Å². The molecule has 2 aliphatic heterocycles. The number of fused-ring (bicyclic) bond motifs is 1. The first-order valence-corrected chi connectivity index (χ1v) is 10.1. The molecule has 3 aliphatic rings. The fourth-order valence-electron chi connectivity index (χ4n) is 4.75. The minimum atomic E-state index is -0.171. The number of likely N-dealkylation sites (tertiary alicyclic amines) is 1. The lowest BCUT2D eigenvalue weighted by atomic mass is 9.94. The fraction of sp³-hybridized carbons (Fsp3) is 0.619. The van der Waals surface area contributed by atoms with Gasteiger partial charge in [-0.05, 0) is 30.9 Å². The van der Waals surface area contributed by atoms with Crippen LogP contribution in [0.4, 0.5) is 5.69 Å². The molecule has 5 heteroatoms. The van der Waals surface area contributed by atoms with Crippen LogP contribution in [-0.4, -0.2) is 48.9 Å². The summed E-state index contributed by atoms with van der Waals surface area (Å²) in [6.45, 7) is 3.10. The predicted octanol–water partition coefficient (Wildman–Crippen LogP) is 2.35. The van der Waals surface area contributed by atoms with Gasteiger partial charge in [0.15, 0.2) is 0 Å². The highest BCUT2D eigenvalue weighted by Gasteiger charge is 2.38. The Morgan fingerprint density at radius 1 is 1.15 bits per heavy atom. The summed E-state index contributed by atoms with van der Waals surface area (Å²) in [6.07, 6.45) is 7.38. The highest BCUT2D eigenvalue weighted by Crippen LogP contribution is 2.29. The molecule has 1 aromatic carbocycles. The number of hydrogen-bond donors (Lipinski definition) is 1. The van der Waals surface area contributed by atoms with Crippen molar-refractivity contribution in [2.45, 2.75) is 51.0 Å². The van der Waals surface area contributed by atoms with Crippen LogP contribution in [0, 0.1) is 5.92 Å². The Morgan fingerprint density at radius 2 is 1.96 bits per heavy atom. The second-order valence-electron chi connectivity index (χ2n) is 7.90. The van der Waals surface area contributed by atoms with Crippen molar-refractivity contribution >= 4 is 17.5 Å². The molecule has 2 heterocycles. The molecule has 2 amide bonds. The molecule has 140 valence electrons. The van der Waals surface area contributed by atoms with Gasteiger partial charge in [0.05, 0.1) is 5.92 Å². The van der Waals surface area contributed by atoms with Gasteiger partial charge in [-0.2, -0.15) is 0 Å². The van der Waals surface area contributed by atoms with E-state index in [0.29, 0.717) is 25.6 Å². The Kier molecular flexibility index (Phi) is 5.14. The average molecular weight is 355 g/mol. The first kappa shape index (κ1) is 17.4. The molecule has 5 nitrogen and oxygen atoms in total. The number of nitrogens with one attached hydrogen (secondary N) is 1. The van der Waals surface area contributed by atoms with E-state index in [9.17, 15) is 9.59 Å². The fourth-order valence-corrected chi connectivity index (χ4v) is 4.75. The molecule has 1 saturated carbocycles. The Morgan fingerprint density at radius 3 is 2.81 bits per heavy atom. The summed E-state index contributed by atoms with van der Waals surface area (Å²) in [5.41, 5.74) is 2.68. The van der Waals surface area contributed by atoms with Gasteiger partial charge in [0.1, 0.15) is 0 Å². The van der Waals surface area contributed by atoms with E-state index in [1.165, 1.54) is 30.5 Å². The second kappa shape index (κ2) is 7.68. The molecule has 0 bridgehead atoms. The molecule has 4 rings (SSSR count). The molecule has 1 aromatic rings. The van der Waals surface area contributed by atoms with Crippen LogP contribution in [0.5, 0.6) is 0 Å².